The van der Waals surface area contributed by atoms with Crippen molar-refractivity contribution in [3.63, 3.8) is 0 Å². The van der Waals surface area contributed by atoms with E-state index in [0.717, 1.165) is 0 Å². The third-order valence-corrected chi connectivity index (χ3v) is 3.42. The lowest BCUT2D eigenvalue weighted by Gasteiger charge is -2.32. The predicted molar refractivity (Wildman–Crippen MR) is 73.3 cm³/mol. The second kappa shape index (κ2) is 4.90. The molecular formula is C15H19NO4. The maximum Gasteiger partial charge on any atom is 0.335 e. The summed E-state index contributed by atoms with van der Waals surface area (Å²) in [4.78, 5) is 25.0. The molecule has 108 valence electrons. The first-order chi connectivity index (χ1) is 9.24. The number of nitrogens with zero attached hydrogens (tertiary/aromatic N) is 1. The van der Waals surface area contributed by atoms with E-state index in [1.54, 1.807) is 17.0 Å². The van der Waals surface area contributed by atoms with Gasteiger partial charge < -0.3 is 14.7 Å². The number of benzene rings is 1. The van der Waals surface area contributed by atoms with Crippen LogP contribution in [0.3, 0.4) is 0 Å². The lowest BCUT2D eigenvalue weighted by atomic mass is 10.1. The molecule has 1 aliphatic rings. The Morgan fingerprint density at radius 3 is 2.25 bits per heavy atom. The fraction of sp³-hybridized carbons (Fsp3) is 0.467. The summed E-state index contributed by atoms with van der Waals surface area (Å²) in [6.07, 6.45) is -0.671. The molecule has 1 aromatic rings. The van der Waals surface area contributed by atoms with Crippen LogP contribution in [-0.4, -0.2) is 33.6 Å². The molecule has 0 aliphatic carbocycles. The molecule has 0 radical (unpaired) electrons. The smallest absolute Gasteiger partial charge is 0.335 e. The Bertz CT molecular complexity index is 533. The summed E-state index contributed by atoms with van der Waals surface area (Å²) >= 11 is 0. The van der Waals surface area contributed by atoms with Crippen LogP contribution in [0.2, 0.25) is 0 Å². The van der Waals surface area contributed by atoms with Crippen molar-refractivity contribution in [3.8, 4) is 0 Å². The maximum atomic E-state index is 12.5. The van der Waals surface area contributed by atoms with Crippen LogP contribution < -0.4 is 0 Å². The summed E-state index contributed by atoms with van der Waals surface area (Å²) in [6, 6.07) is 6.28. The molecule has 1 aromatic carbocycles. The topological polar surface area (TPSA) is 66.8 Å². The Morgan fingerprint density at radius 2 is 1.85 bits per heavy atom. The number of hydrogen-bond donors (Lipinski definition) is 1. The van der Waals surface area contributed by atoms with E-state index in [1.165, 1.54) is 12.1 Å². The minimum absolute atomic E-state index is 0.0424. The van der Waals surface area contributed by atoms with E-state index in [-0.39, 0.29) is 17.5 Å². The third kappa shape index (κ3) is 2.41. The van der Waals surface area contributed by atoms with E-state index in [4.69, 9.17) is 9.84 Å². The number of rotatable bonds is 3. The Kier molecular flexibility index (Phi) is 3.56. The van der Waals surface area contributed by atoms with Gasteiger partial charge in [0.05, 0.1) is 5.56 Å². The van der Waals surface area contributed by atoms with E-state index < -0.39 is 17.8 Å². The van der Waals surface area contributed by atoms with Crippen molar-refractivity contribution in [3.05, 3.63) is 35.4 Å². The minimum atomic E-state index is -0.987. The molecule has 1 saturated heterocycles. The van der Waals surface area contributed by atoms with Crippen molar-refractivity contribution in [1.82, 2.24) is 4.90 Å². The first-order valence-corrected chi connectivity index (χ1v) is 6.58. The number of ether oxygens (including phenoxy) is 1. The molecule has 1 fully saturated rings. The zero-order valence-electron chi connectivity index (χ0n) is 12.1. The molecule has 20 heavy (non-hydrogen) atoms. The number of carboxylic acid groups (broad SMARTS) is 1. The number of amides is 1. The summed E-state index contributed by atoms with van der Waals surface area (Å²) in [6.45, 7) is 7.60. The third-order valence-electron chi connectivity index (χ3n) is 3.42. The predicted octanol–water partition coefficient (Wildman–Crippen LogP) is 2.43. The van der Waals surface area contributed by atoms with Crippen LogP contribution in [0.5, 0.6) is 0 Å². The van der Waals surface area contributed by atoms with Crippen LogP contribution in [-0.2, 0) is 9.53 Å². The maximum absolute atomic E-state index is 12.5. The van der Waals surface area contributed by atoms with Gasteiger partial charge in [-0.3, -0.25) is 4.79 Å². The second-order valence-electron chi connectivity index (χ2n) is 5.67. The van der Waals surface area contributed by atoms with Gasteiger partial charge in [0.2, 0.25) is 0 Å². The van der Waals surface area contributed by atoms with E-state index in [2.05, 4.69) is 0 Å². The van der Waals surface area contributed by atoms with Gasteiger partial charge in [0.15, 0.2) is 6.10 Å². The van der Waals surface area contributed by atoms with E-state index in [1.807, 2.05) is 27.7 Å². The fourth-order valence-corrected chi connectivity index (χ4v) is 2.67. The normalized spacial score (nSPS) is 21.6. The zero-order valence-corrected chi connectivity index (χ0v) is 12.1. The molecule has 1 atom stereocenters. The highest BCUT2D eigenvalue weighted by Gasteiger charge is 2.47. The lowest BCUT2D eigenvalue weighted by molar-refractivity contribution is -0.134. The van der Waals surface area contributed by atoms with E-state index >= 15 is 0 Å². The number of carboxylic acids is 1. The van der Waals surface area contributed by atoms with Crippen molar-refractivity contribution < 1.29 is 19.4 Å². The SMILES string of the molecule is CC(C)N1C(=O)[C@H](c2ccc(C(=O)O)cc2)OC1(C)C. The lowest BCUT2D eigenvalue weighted by Crippen LogP contribution is -2.46. The molecule has 1 aliphatic heterocycles. The van der Waals surface area contributed by atoms with E-state index in [9.17, 15) is 9.59 Å². The molecule has 0 unspecified atom stereocenters. The molecule has 2 rings (SSSR count). The van der Waals surface area contributed by atoms with Crippen LogP contribution in [0.4, 0.5) is 0 Å². The monoisotopic (exact) mass is 277 g/mol. The van der Waals surface area contributed by atoms with Gasteiger partial charge in [0.1, 0.15) is 5.72 Å². The fourth-order valence-electron chi connectivity index (χ4n) is 2.67. The highest BCUT2D eigenvalue weighted by Crippen LogP contribution is 2.38. The molecule has 1 N–H and O–H groups in total. The van der Waals surface area contributed by atoms with Gasteiger partial charge in [-0.05, 0) is 45.4 Å². The van der Waals surface area contributed by atoms with E-state index in [0.29, 0.717) is 5.56 Å². The van der Waals surface area contributed by atoms with Gasteiger partial charge in [0, 0.05) is 6.04 Å². The number of hydrogen-bond acceptors (Lipinski definition) is 3. The second-order valence-corrected chi connectivity index (χ2v) is 5.67. The summed E-state index contributed by atoms with van der Waals surface area (Å²) < 4.78 is 5.85. The highest BCUT2D eigenvalue weighted by atomic mass is 16.5. The van der Waals surface area contributed by atoms with Crippen molar-refractivity contribution in [2.45, 2.75) is 45.6 Å². The van der Waals surface area contributed by atoms with Crippen molar-refractivity contribution >= 4 is 11.9 Å². The average molecular weight is 277 g/mol. The molecule has 0 aromatic heterocycles. The van der Waals surface area contributed by atoms with Crippen LogP contribution in [0.15, 0.2) is 24.3 Å². The van der Waals surface area contributed by atoms with Crippen LogP contribution in [0, 0.1) is 0 Å². The van der Waals surface area contributed by atoms with Gasteiger partial charge in [-0.25, -0.2) is 4.79 Å². The van der Waals surface area contributed by atoms with Gasteiger partial charge in [-0.1, -0.05) is 12.1 Å². The zero-order chi connectivity index (χ0) is 15.1. The molecule has 5 nitrogen and oxygen atoms in total. The number of aromatic carboxylic acids is 1. The Hall–Kier alpha value is -1.88. The van der Waals surface area contributed by atoms with Crippen molar-refractivity contribution in [2.75, 3.05) is 0 Å². The summed E-state index contributed by atoms with van der Waals surface area (Å²) in [7, 11) is 0. The molecular weight excluding hydrogens is 258 g/mol. The molecule has 0 spiro atoms. The van der Waals surface area contributed by atoms with Crippen LogP contribution in [0.1, 0.15) is 49.7 Å². The van der Waals surface area contributed by atoms with Crippen molar-refractivity contribution in [2.24, 2.45) is 0 Å². The molecule has 0 saturated carbocycles. The number of carbonyl (C=O) groups excluding carboxylic acids is 1. The largest absolute Gasteiger partial charge is 0.478 e. The van der Waals surface area contributed by atoms with Crippen molar-refractivity contribution in [1.29, 1.82) is 0 Å². The Morgan fingerprint density at radius 1 is 1.30 bits per heavy atom. The highest BCUT2D eigenvalue weighted by molar-refractivity contribution is 5.88. The summed E-state index contributed by atoms with van der Waals surface area (Å²) in [5.41, 5.74) is 0.205. The quantitative estimate of drug-likeness (QED) is 0.921. The van der Waals surface area contributed by atoms with Gasteiger partial charge in [0.25, 0.3) is 5.91 Å². The Labute approximate surface area is 118 Å². The number of carbonyl (C=O) groups is 2. The molecule has 1 heterocycles. The first kappa shape index (κ1) is 14.5. The minimum Gasteiger partial charge on any atom is -0.478 e. The van der Waals surface area contributed by atoms with Crippen LogP contribution in [0.25, 0.3) is 0 Å². The van der Waals surface area contributed by atoms with Gasteiger partial charge in [-0.15, -0.1) is 0 Å². The molecule has 5 heteroatoms. The summed E-state index contributed by atoms with van der Waals surface area (Å²) in [5, 5.41) is 8.88. The molecule has 1 amide bonds. The summed E-state index contributed by atoms with van der Waals surface area (Å²) in [5.74, 6) is -1.08. The Balaban J connectivity index is 2.30. The first-order valence-electron chi connectivity index (χ1n) is 6.58. The van der Waals surface area contributed by atoms with Crippen LogP contribution >= 0.6 is 0 Å². The molecule has 0 bridgehead atoms. The van der Waals surface area contributed by atoms with Gasteiger partial charge >= 0.3 is 5.97 Å². The standard InChI is InChI=1S/C15H19NO4/c1-9(2)16-13(17)12(20-15(16,3)4)10-5-7-11(8-6-10)14(18)19/h5-9,12H,1-4H3,(H,18,19)/t12-/m0/s1. The van der Waals surface area contributed by atoms with Gasteiger partial charge in [-0.2, -0.15) is 0 Å². The average Bonchev–Trinajstić information content (AvgIpc) is 2.59.